The average Bonchev–Trinajstić information content (AvgIpc) is 3.52. The predicted molar refractivity (Wildman–Crippen MR) is 143 cm³/mol. The summed E-state index contributed by atoms with van der Waals surface area (Å²) in [6, 6.07) is 18.7. The molecule has 4 aromatic rings. The number of nitrogens with one attached hydrogen (secondary N) is 5. The molecular weight excluding hydrogens is 452 g/mol. The van der Waals surface area contributed by atoms with Gasteiger partial charge in [-0.2, -0.15) is 10.1 Å². The molecule has 0 unspecified atom stereocenters. The number of aromatic amines is 1. The number of rotatable bonds is 7. The van der Waals surface area contributed by atoms with Crippen LogP contribution in [0.15, 0.2) is 60.7 Å². The molecule has 1 fully saturated rings. The van der Waals surface area contributed by atoms with Crippen molar-refractivity contribution in [3.05, 3.63) is 77.6 Å². The molecule has 2 aromatic heterocycles. The van der Waals surface area contributed by atoms with Gasteiger partial charge in [-0.3, -0.25) is 5.10 Å². The third-order valence-corrected chi connectivity index (χ3v) is 6.18. The minimum atomic E-state index is -0.298. The topological polar surface area (TPSA) is 120 Å². The molecule has 1 aliphatic rings. The van der Waals surface area contributed by atoms with Crippen molar-refractivity contribution in [2.75, 3.05) is 21.3 Å². The second-order valence-electron chi connectivity index (χ2n) is 9.18. The summed E-state index contributed by atoms with van der Waals surface area (Å²) in [6.45, 7) is 3.91. The fourth-order valence-electron chi connectivity index (χ4n) is 4.45. The van der Waals surface area contributed by atoms with Gasteiger partial charge in [0, 0.05) is 46.5 Å². The van der Waals surface area contributed by atoms with E-state index in [2.05, 4.69) is 47.5 Å². The van der Waals surface area contributed by atoms with Gasteiger partial charge in [0.15, 0.2) is 5.82 Å². The first-order chi connectivity index (χ1) is 17.5. The molecule has 5 N–H and O–H groups in total. The molecule has 0 aliphatic heterocycles. The number of nitrogens with zero attached hydrogens (tertiary/aromatic N) is 3. The highest BCUT2D eigenvalue weighted by atomic mass is 16.2. The number of anilines is 6. The summed E-state index contributed by atoms with van der Waals surface area (Å²) < 4.78 is 0. The molecule has 0 saturated heterocycles. The second kappa shape index (κ2) is 10.5. The summed E-state index contributed by atoms with van der Waals surface area (Å²) in [5, 5.41) is 19.8. The third kappa shape index (κ3) is 5.99. The maximum absolute atomic E-state index is 12.3. The Kier molecular flexibility index (Phi) is 6.79. The Hall–Kier alpha value is -4.40. The first kappa shape index (κ1) is 23.3. The second-order valence-corrected chi connectivity index (χ2v) is 9.18. The van der Waals surface area contributed by atoms with Crippen molar-refractivity contribution in [2.24, 2.45) is 0 Å². The van der Waals surface area contributed by atoms with E-state index in [1.54, 1.807) is 0 Å². The highest BCUT2D eigenvalue weighted by Gasteiger charge is 2.19. The van der Waals surface area contributed by atoms with Gasteiger partial charge in [0.05, 0.1) is 0 Å². The largest absolute Gasteiger partial charge is 0.324 e. The number of aromatic nitrogens is 4. The first-order valence-electron chi connectivity index (χ1n) is 12.2. The summed E-state index contributed by atoms with van der Waals surface area (Å²) in [5.41, 5.74) is 5.32. The van der Waals surface area contributed by atoms with Gasteiger partial charge in [-0.1, -0.05) is 25.0 Å². The lowest BCUT2D eigenvalue weighted by molar-refractivity contribution is 0.262. The molecule has 0 atom stereocenters. The molecule has 9 nitrogen and oxygen atoms in total. The minimum absolute atomic E-state index is 0.298. The quantitative estimate of drug-likeness (QED) is 0.202. The van der Waals surface area contributed by atoms with Crippen LogP contribution in [0.25, 0.3) is 0 Å². The van der Waals surface area contributed by atoms with Crippen LogP contribution in [0.2, 0.25) is 0 Å². The zero-order valence-electron chi connectivity index (χ0n) is 20.4. The number of amides is 2. The molecule has 0 spiro atoms. The number of benzene rings is 2. The first-order valence-corrected chi connectivity index (χ1v) is 12.2. The fourth-order valence-corrected chi connectivity index (χ4v) is 4.45. The van der Waals surface area contributed by atoms with Crippen LogP contribution >= 0.6 is 0 Å². The Morgan fingerprint density at radius 2 is 1.58 bits per heavy atom. The number of H-pyrrole nitrogens is 1. The van der Waals surface area contributed by atoms with E-state index in [1.807, 2.05) is 68.4 Å². The van der Waals surface area contributed by atoms with E-state index in [1.165, 1.54) is 31.4 Å². The van der Waals surface area contributed by atoms with Gasteiger partial charge in [-0.25, -0.2) is 9.78 Å². The predicted octanol–water partition coefficient (Wildman–Crippen LogP) is 6.61. The van der Waals surface area contributed by atoms with Crippen molar-refractivity contribution in [3.63, 3.8) is 0 Å². The van der Waals surface area contributed by atoms with Gasteiger partial charge >= 0.3 is 6.03 Å². The summed E-state index contributed by atoms with van der Waals surface area (Å²) in [7, 11) is 0. The standard InChI is InChI=1S/C27H30N8O/c1-17-6-5-9-22(14-17)31-27(36)30-21-12-10-20(11-13-21)29-26-28-18(2)15-24(33-26)32-25-16-23(34-35-25)19-7-3-4-8-19/h5-6,9-16,19H,3-4,7-8H2,1-2H3,(H2,30,31,36)(H3,28,29,32,33,34,35). The highest BCUT2D eigenvalue weighted by molar-refractivity contribution is 5.99. The summed E-state index contributed by atoms with van der Waals surface area (Å²) in [6.07, 6.45) is 5.00. The Morgan fingerprint density at radius 1 is 0.833 bits per heavy atom. The normalized spacial score (nSPS) is 13.4. The van der Waals surface area contributed by atoms with E-state index in [-0.39, 0.29) is 6.03 Å². The average molecular weight is 483 g/mol. The van der Waals surface area contributed by atoms with Crippen LogP contribution in [0.4, 0.5) is 39.4 Å². The van der Waals surface area contributed by atoms with Crippen LogP contribution < -0.4 is 21.3 Å². The lowest BCUT2D eigenvalue weighted by Gasteiger charge is -2.11. The molecule has 0 bridgehead atoms. The van der Waals surface area contributed by atoms with Crippen molar-refractivity contribution < 1.29 is 4.79 Å². The third-order valence-electron chi connectivity index (χ3n) is 6.18. The van der Waals surface area contributed by atoms with E-state index in [0.717, 1.165) is 28.5 Å². The van der Waals surface area contributed by atoms with Crippen molar-refractivity contribution in [2.45, 2.75) is 45.4 Å². The van der Waals surface area contributed by atoms with Gasteiger partial charge < -0.3 is 21.3 Å². The highest BCUT2D eigenvalue weighted by Crippen LogP contribution is 2.34. The number of aryl methyl sites for hydroxylation is 2. The van der Waals surface area contributed by atoms with Crippen LogP contribution in [0.1, 0.15) is 48.6 Å². The molecule has 1 saturated carbocycles. The van der Waals surface area contributed by atoms with Crippen LogP contribution in [-0.4, -0.2) is 26.2 Å². The molecule has 1 aliphatic carbocycles. The van der Waals surface area contributed by atoms with E-state index < -0.39 is 0 Å². The van der Waals surface area contributed by atoms with E-state index in [4.69, 9.17) is 0 Å². The molecule has 2 heterocycles. The Balaban J connectivity index is 1.20. The summed E-state index contributed by atoms with van der Waals surface area (Å²) in [4.78, 5) is 21.4. The molecule has 5 rings (SSSR count). The number of carbonyl (C=O) groups excluding carboxylic acids is 1. The molecular formula is C27H30N8O. The maximum atomic E-state index is 12.3. The maximum Gasteiger partial charge on any atom is 0.323 e. The van der Waals surface area contributed by atoms with E-state index in [0.29, 0.717) is 23.4 Å². The number of hydrogen-bond acceptors (Lipinski definition) is 6. The van der Waals surface area contributed by atoms with Crippen LogP contribution in [-0.2, 0) is 0 Å². The lowest BCUT2D eigenvalue weighted by Crippen LogP contribution is -2.19. The summed E-state index contributed by atoms with van der Waals surface area (Å²) in [5.74, 6) is 2.46. The zero-order chi connectivity index (χ0) is 24.9. The van der Waals surface area contributed by atoms with Gasteiger partial charge in [-0.15, -0.1) is 0 Å². The van der Waals surface area contributed by atoms with Crippen molar-refractivity contribution in [3.8, 4) is 0 Å². The number of urea groups is 1. The van der Waals surface area contributed by atoms with Gasteiger partial charge in [0.2, 0.25) is 5.95 Å². The SMILES string of the molecule is Cc1cccc(NC(=O)Nc2ccc(Nc3nc(C)cc(Nc4cc(C5CCCC5)[nH]n4)n3)cc2)c1. The van der Waals surface area contributed by atoms with Crippen LogP contribution in [0.5, 0.6) is 0 Å². The minimum Gasteiger partial charge on any atom is -0.324 e. The van der Waals surface area contributed by atoms with Gasteiger partial charge in [0.25, 0.3) is 0 Å². The van der Waals surface area contributed by atoms with Gasteiger partial charge in [-0.05, 0) is 68.7 Å². The molecule has 0 radical (unpaired) electrons. The van der Waals surface area contributed by atoms with Crippen LogP contribution in [0, 0.1) is 13.8 Å². The molecule has 36 heavy (non-hydrogen) atoms. The monoisotopic (exact) mass is 482 g/mol. The Labute approximate surface area is 210 Å². The Morgan fingerprint density at radius 3 is 2.36 bits per heavy atom. The molecule has 184 valence electrons. The van der Waals surface area contributed by atoms with Crippen LogP contribution in [0.3, 0.4) is 0 Å². The number of hydrogen-bond donors (Lipinski definition) is 5. The van der Waals surface area contributed by atoms with Gasteiger partial charge in [0.1, 0.15) is 5.82 Å². The zero-order valence-corrected chi connectivity index (χ0v) is 20.4. The summed E-state index contributed by atoms with van der Waals surface area (Å²) >= 11 is 0. The molecule has 9 heteroatoms. The van der Waals surface area contributed by atoms with E-state index >= 15 is 0 Å². The van der Waals surface area contributed by atoms with Crippen molar-refractivity contribution in [1.29, 1.82) is 0 Å². The fraction of sp³-hybridized carbons (Fsp3) is 0.259. The lowest BCUT2D eigenvalue weighted by atomic mass is 10.0. The van der Waals surface area contributed by atoms with E-state index in [9.17, 15) is 4.79 Å². The number of carbonyl (C=O) groups is 1. The van der Waals surface area contributed by atoms with Crippen molar-refractivity contribution >= 4 is 40.7 Å². The molecule has 2 amide bonds. The molecule has 2 aromatic carbocycles. The van der Waals surface area contributed by atoms with Crippen molar-refractivity contribution in [1.82, 2.24) is 20.2 Å². The smallest absolute Gasteiger partial charge is 0.323 e. The Bertz CT molecular complexity index is 1340.